The van der Waals surface area contributed by atoms with Crippen LogP contribution in [0.4, 0.5) is 0 Å². The first-order chi connectivity index (χ1) is 9.94. The quantitative estimate of drug-likeness (QED) is 0.892. The highest BCUT2D eigenvalue weighted by atomic mass is 32.2. The van der Waals surface area contributed by atoms with Gasteiger partial charge in [-0.1, -0.05) is 29.8 Å². The Morgan fingerprint density at radius 2 is 1.95 bits per heavy atom. The van der Waals surface area contributed by atoms with Crippen molar-refractivity contribution < 1.29 is 12.8 Å². The second kappa shape index (κ2) is 6.74. The third-order valence-corrected chi connectivity index (χ3v) is 4.20. The Kier molecular flexibility index (Phi) is 4.98. The lowest BCUT2D eigenvalue weighted by atomic mass is 10.2. The Hall–Kier alpha value is -1.85. The van der Waals surface area contributed by atoms with Crippen LogP contribution in [-0.4, -0.2) is 14.5 Å². The van der Waals surface area contributed by atoms with E-state index in [0.29, 0.717) is 6.42 Å². The van der Waals surface area contributed by atoms with Gasteiger partial charge >= 0.3 is 0 Å². The number of sulfonamides is 1. The van der Waals surface area contributed by atoms with Crippen LogP contribution >= 0.6 is 0 Å². The van der Waals surface area contributed by atoms with Crippen LogP contribution in [0.25, 0.3) is 6.08 Å². The standard InChI is InChI=1S/C16H19NO3S/c1-13-5-7-15(8-6-13)9-11-21(18,19)17-14(2)12-16-4-3-10-20-16/h3-11,14,17H,12H2,1-2H3/b11-9+/t14-/m0/s1. The molecular formula is C16H19NO3S. The fraction of sp³-hybridized carbons (Fsp3) is 0.250. The molecule has 4 nitrogen and oxygen atoms in total. The molecule has 1 atom stereocenters. The molecule has 2 rings (SSSR count). The predicted octanol–water partition coefficient (Wildman–Crippen LogP) is 3.11. The minimum atomic E-state index is -3.46. The van der Waals surface area contributed by atoms with Crippen LogP contribution in [0, 0.1) is 6.92 Å². The molecule has 0 aliphatic heterocycles. The summed E-state index contributed by atoms with van der Waals surface area (Å²) >= 11 is 0. The highest BCUT2D eigenvalue weighted by molar-refractivity contribution is 7.92. The first kappa shape index (κ1) is 15.5. The van der Waals surface area contributed by atoms with Crippen molar-refractivity contribution in [2.24, 2.45) is 0 Å². The lowest BCUT2D eigenvalue weighted by Gasteiger charge is -2.10. The molecule has 0 amide bonds. The molecule has 0 bridgehead atoms. The maximum atomic E-state index is 12.0. The molecule has 0 aliphatic carbocycles. The highest BCUT2D eigenvalue weighted by Crippen LogP contribution is 2.08. The summed E-state index contributed by atoms with van der Waals surface area (Å²) in [4.78, 5) is 0. The molecule has 1 aromatic heterocycles. The van der Waals surface area contributed by atoms with E-state index in [9.17, 15) is 8.42 Å². The van der Waals surface area contributed by atoms with Gasteiger partial charge in [0.1, 0.15) is 5.76 Å². The van der Waals surface area contributed by atoms with Crippen LogP contribution in [0.1, 0.15) is 23.8 Å². The van der Waals surface area contributed by atoms with E-state index < -0.39 is 10.0 Å². The van der Waals surface area contributed by atoms with E-state index in [0.717, 1.165) is 16.9 Å². The van der Waals surface area contributed by atoms with Crippen LogP contribution in [-0.2, 0) is 16.4 Å². The van der Waals surface area contributed by atoms with Crippen molar-refractivity contribution >= 4 is 16.1 Å². The predicted molar refractivity (Wildman–Crippen MR) is 84.1 cm³/mol. The summed E-state index contributed by atoms with van der Waals surface area (Å²) in [5.74, 6) is 0.757. The van der Waals surface area contributed by atoms with E-state index in [-0.39, 0.29) is 6.04 Å². The molecule has 2 aromatic rings. The maximum absolute atomic E-state index is 12.0. The largest absolute Gasteiger partial charge is 0.469 e. The fourth-order valence-electron chi connectivity index (χ4n) is 1.94. The normalized spacial score (nSPS) is 13.6. The first-order valence-electron chi connectivity index (χ1n) is 6.74. The summed E-state index contributed by atoms with van der Waals surface area (Å²) in [6, 6.07) is 11.0. The molecule has 0 radical (unpaired) electrons. The molecule has 1 heterocycles. The number of nitrogens with one attached hydrogen (secondary N) is 1. The van der Waals surface area contributed by atoms with Gasteiger partial charge in [-0.3, -0.25) is 0 Å². The van der Waals surface area contributed by atoms with Gasteiger partial charge in [-0.25, -0.2) is 13.1 Å². The van der Waals surface area contributed by atoms with E-state index in [2.05, 4.69) is 4.72 Å². The SMILES string of the molecule is Cc1ccc(/C=C/S(=O)(=O)N[C@@H](C)Cc2ccco2)cc1. The Labute approximate surface area is 125 Å². The molecule has 1 aromatic carbocycles. The Morgan fingerprint density at radius 1 is 1.24 bits per heavy atom. The van der Waals surface area contributed by atoms with E-state index in [4.69, 9.17) is 4.42 Å². The van der Waals surface area contributed by atoms with Gasteiger partial charge in [0.05, 0.1) is 6.26 Å². The third-order valence-electron chi connectivity index (χ3n) is 2.97. The summed E-state index contributed by atoms with van der Waals surface area (Å²) in [7, 11) is -3.46. The Balaban J connectivity index is 1.96. The van der Waals surface area contributed by atoms with Crippen LogP contribution in [0.2, 0.25) is 0 Å². The second-order valence-corrected chi connectivity index (χ2v) is 6.66. The van der Waals surface area contributed by atoms with Gasteiger partial charge in [-0.2, -0.15) is 0 Å². The number of hydrogen-bond donors (Lipinski definition) is 1. The van der Waals surface area contributed by atoms with Crippen LogP contribution in [0.5, 0.6) is 0 Å². The summed E-state index contributed by atoms with van der Waals surface area (Å²) in [6.07, 6.45) is 3.68. The summed E-state index contributed by atoms with van der Waals surface area (Å²) in [5, 5.41) is 1.19. The fourth-order valence-corrected chi connectivity index (χ4v) is 3.00. The number of benzene rings is 1. The molecule has 21 heavy (non-hydrogen) atoms. The zero-order valence-corrected chi connectivity index (χ0v) is 12.9. The van der Waals surface area contributed by atoms with E-state index in [1.165, 1.54) is 5.41 Å². The minimum Gasteiger partial charge on any atom is -0.469 e. The summed E-state index contributed by atoms with van der Waals surface area (Å²) in [6.45, 7) is 3.79. The molecule has 0 saturated carbocycles. The van der Waals surface area contributed by atoms with Crippen molar-refractivity contribution in [1.29, 1.82) is 0 Å². The van der Waals surface area contributed by atoms with Gasteiger partial charge in [0.15, 0.2) is 0 Å². The van der Waals surface area contributed by atoms with Crippen molar-refractivity contribution in [1.82, 2.24) is 4.72 Å². The molecular weight excluding hydrogens is 286 g/mol. The summed E-state index contributed by atoms with van der Waals surface area (Å²) < 4.78 is 31.8. The molecule has 0 spiro atoms. The van der Waals surface area contributed by atoms with Crippen molar-refractivity contribution in [2.75, 3.05) is 0 Å². The van der Waals surface area contributed by atoms with Crippen LogP contribution in [0.15, 0.2) is 52.5 Å². The zero-order chi connectivity index (χ0) is 15.3. The second-order valence-electron chi connectivity index (χ2n) is 5.06. The van der Waals surface area contributed by atoms with E-state index >= 15 is 0 Å². The van der Waals surface area contributed by atoms with Crippen LogP contribution in [0.3, 0.4) is 0 Å². The van der Waals surface area contributed by atoms with Gasteiger partial charge in [0, 0.05) is 17.9 Å². The van der Waals surface area contributed by atoms with E-state index in [1.54, 1.807) is 25.3 Å². The summed E-state index contributed by atoms with van der Waals surface area (Å²) in [5.41, 5.74) is 1.99. The lowest BCUT2D eigenvalue weighted by molar-refractivity contribution is 0.480. The third kappa shape index (κ3) is 5.21. The Bertz CT molecular complexity index is 686. The number of rotatable bonds is 6. The number of aryl methyl sites for hydroxylation is 1. The highest BCUT2D eigenvalue weighted by Gasteiger charge is 2.12. The molecule has 112 valence electrons. The molecule has 1 N–H and O–H groups in total. The molecule has 0 fully saturated rings. The van der Waals surface area contributed by atoms with E-state index in [1.807, 2.05) is 37.3 Å². The molecule has 0 unspecified atom stereocenters. The lowest BCUT2D eigenvalue weighted by Crippen LogP contribution is -2.32. The molecule has 0 aliphatic rings. The van der Waals surface area contributed by atoms with Crippen molar-refractivity contribution in [3.63, 3.8) is 0 Å². The van der Waals surface area contributed by atoms with Crippen LogP contribution < -0.4 is 4.72 Å². The average Bonchev–Trinajstić information content (AvgIpc) is 2.90. The maximum Gasteiger partial charge on any atom is 0.233 e. The first-order valence-corrected chi connectivity index (χ1v) is 8.29. The number of hydrogen-bond acceptors (Lipinski definition) is 3. The number of furan rings is 1. The minimum absolute atomic E-state index is 0.233. The topological polar surface area (TPSA) is 59.3 Å². The van der Waals surface area contributed by atoms with Gasteiger partial charge in [0.25, 0.3) is 0 Å². The van der Waals surface area contributed by atoms with Gasteiger partial charge in [0.2, 0.25) is 10.0 Å². The van der Waals surface area contributed by atoms with Crippen molar-refractivity contribution in [3.8, 4) is 0 Å². The van der Waals surface area contributed by atoms with Crippen molar-refractivity contribution in [3.05, 3.63) is 65.0 Å². The Morgan fingerprint density at radius 3 is 2.57 bits per heavy atom. The molecule has 5 heteroatoms. The monoisotopic (exact) mass is 305 g/mol. The molecule has 0 saturated heterocycles. The van der Waals surface area contributed by atoms with Gasteiger partial charge in [-0.15, -0.1) is 0 Å². The average molecular weight is 305 g/mol. The van der Waals surface area contributed by atoms with Crippen molar-refractivity contribution in [2.45, 2.75) is 26.3 Å². The van der Waals surface area contributed by atoms with Gasteiger partial charge < -0.3 is 4.42 Å². The smallest absolute Gasteiger partial charge is 0.233 e. The zero-order valence-electron chi connectivity index (χ0n) is 12.1. The van der Waals surface area contributed by atoms with Gasteiger partial charge in [-0.05, 0) is 37.6 Å².